The molecule has 1 heterocycles. The van der Waals surface area contributed by atoms with Crippen molar-refractivity contribution >= 4 is 11.9 Å². The van der Waals surface area contributed by atoms with Crippen LogP contribution in [0.4, 0.5) is 4.79 Å². The Bertz CT molecular complexity index is 833. The number of hydrogen-bond acceptors (Lipinski definition) is 3. The molecule has 126 valence electrons. The van der Waals surface area contributed by atoms with Gasteiger partial charge in [-0.3, -0.25) is 4.79 Å². The van der Waals surface area contributed by atoms with Gasteiger partial charge in [0.05, 0.1) is 17.6 Å². The Balaban J connectivity index is 1.58. The van der Waals surface area contributed by atoms with Crippen LogP contribution < -0.4 is 11.1 Å². The molecule has 2 aromatic carbocycles. The van der Waals surface area contributed by atoms with E-state index in [-0.39, 0.29) is 11.8 Å². The van der Waals surface area contributed by atoms with Gasteiger partial charge >= 0.3 is 6.03 Å². The number of rotatable bonds is 4. The summed E-state index contributed by atoms with van der Waals surface area (Å²) in [6.45, 7) is 1.18. The lowest BCUT2D eigenvalue weighted by atomic mass is 9.98. The molecule has 0 aromatic heterocycles. The summed E-state index contributed by atoms with van der Waals surface area (Å²) >= 11 is 0. The molecular formula is C19H18N4O2. The van der Waals surface area contributed by atoms with Crippen LogP contribution in [0.1, 0.15) is 11.1 Å². The van der Waals surface area contributed by atoms with E-state index in [1.165, 1.54) is 4.90 Å². The third-order valence-electron chi connectivity index (χ3n) is 4.34. The molecule has 6 nitrogen and oxygen atoms in total. The highest BCUT2D eigenvalue weighted by Crippen LogP contribution is 2.23. The van der Waals surface area contributed by atoms with E-state index in [4.69, 9.17) is 5.73 Å². The second-order valence-corrected chi connectivity index (χ2v) is 6.01. The fraction of sp³-hybridized carbons (Fsp3) is 0.211. The lowest BCUT2D eigenvalue weighted by Gasteiger charge is -2.36. The van der Waals surface area contributed by atoms with E-state index in [0.717, 1.165) is 16.7 Å². The van der Waals surface area contributed by atoms with Gasteiger partial charge in [0.2, 0.25) is 5.91 Å². The third kappa shape index (κ3) is 3.61. The lowest BCUT2D eigenvalue weighted by molar-refractivity contribution is -0.128. The molecule has 0 aliphatic carbocycles. The fourth-order valence-electron chi connectivity index (χ4n) is 2.79. The molecule has 0 bridgehead atoms. The molecule has 2 aromatic rings. The van der Waals surface area contributed by atoms with Gasteiger partial charge in [0, 0.05) is 19.6 Å². The minimum Gasteiger partial charge on any atom is -0.352 e. The molecule has 6 heteroatoms. The lowest BCUT2D eigenvalue weighted by Crippen LogP contribution is -2.57. The highest BCUT2D eigenvalue weighted by molar-refractivity contribution is 5.83. The number of nitriles is 1. The number of carbonyl (C=O) groups excluding carboxylic acids is 2. The van der Waals surface area contributed by atoms with Crippen LogP contribution in [0.3, 0.4) is 0 Å². The molecular weight excluding hydrogens is 316 g/mol. The Hall–Kier alpha value is -3.33. The van der Waals surface area contributed by atoms with Gasteiger partial charge in [-0.2, -0.15) is 5.26 Å². The van der Waals surface area contributed by atoms with Gasteiger partial charge in [0.15, 0.2) is 0 Å². The molecule has 1 fully saturated rings. The molecule has 0 saturated carbocycles. The van der Waals surface area contributed by atoms with Crippen molar-refractivity contribution in [3.05, 3.63) is 59.7 Å². The van der Waals surface area contributed by atoms with Gasteiger partial charge in [0.1, 0.15) is 0 Å². The van der Waals surface area contributed by atoms with Crippen molar-refractivity contribution in [2.24, 2.45) is 11.7 Å². The van der Waals surface area contributed by atoms with E-state index in [9.17, 15) is 14.9 Å². The van der Waals surface area contributed by atoms with Crippen LogP contribution in [0.15, 0.2) is 48.5 Å². The number of amides is 3. The highest BCUT2D eigenvalue weighted by atomic mass is 16.2. The van der Waals surface area contributed by atoms with Crippen LogP contribution in [0.5, 0.6) is 0 Å². The zero-order chi connectivity index (χ0) is 17.8. The van der Waals surface area contributed by atoms with E-state index >= 15 is 0 Å². The first kappa shape index (κ1) is 16.5. The second kappa shape index (κ2) is 7.05. The minimum absolute atomic E-state index is 0.0728. The van der Waals surface area contributed by atoms with E-state index in [2.05, 4.69) is 11.4 Å². The number of urea groups is 1. The molecule has 1 saturated heterocycles. The van der Waals surface area contributed by atoms with E-state index in [1.807, 2.05) is 42.5 Å². The van der Waals surface area contributed by atoms with Crippen LogP contribution in [0, 0.1) is 17.2 Å². The number of nitrogens with one attached hydrogen (secondary N) is 1. The molecule has 0 unspecified atom stereocenters. The fourth-order valence-corrected chi connectivity index (χ4v) is 2.79. The molecule has 3 rings (SSSR count). The maximum Gasteiger partial charge on any atom is 0.314 e. The summed E-state index contributed by atoms with van der Waals surface area (Å²) < 4.78 is 0. The van der Waals surface area contributed by atoms with Crippen LogP contribution in [-0.2, 0) is 11.3 Å². The molecule has 1 aliphatic heterocycles. The monoisotopic (exact) mass is 334 g/mol. The largest absolute Gasteiger partial charge is 0.352 e. The summed E-state index contributed by atoms with van der Waals surface area (Å²) in [7, 11) is 0. The highest BCUT2D eigenvalue weighted by Gasteiger charge is 2.34. The normalized spacial score (nSPS) is 13.6. The van der Waals surface area contributed by atoms with Gasteiger partial charge in [-0.1, -0.05) is 42.5 Å². The van der Waals surface area contributed by atoms with E-state index in [0.29, 0.717) is 25.2 Å². The topological polar surface area (TPSA) is 99.2 Å². The number of nitrogens with two attached hydrogens (primary N) is 1. The van der Waals surface area contributed by atoms with Crippen molar-refractivity contribution in [3.63, 3.8) is 0 Å². The van der Waals surface area contributed by atoms with Crippen molar-refractivity contribution < 1.29 is 9.59 Å². The molecule has 3 N–H and O–H groups in total. The van der Waals surface area contributed by atoms with Gasteiger partial charge in [0.25, 0.3) is 0 Å². The van der Waals surface area contributed by atoms with Crippen LogP contribution >= 0.6 is 0 Å². The minimum atomic E-state index is -0.489. The molecule has 0 atom stereocenters. The number of nitrogens with zero attached hydrogens (tertiary/aromatic N) is 2. The molecule has 0 spiro atoms. The number of hydrogen-bond donors (Lipinski definition) is 2. The molecule has 1 aliphatic rings. The predicted octanol–water partition coefficient (Wildman–Crippen LogP) is 1.85. The van der Waals surface area contributed by atoms with Crippen molar-refractivity contribution in [1.82, 2.24) is 10.2 Å². The summed E-state index contributed by atoms with van der Waals surface area (Å²) in [5.74, 6) is -0.259. The van der Waals surface area contributed by atoms with Gasteiger partial charge in [-0.25, -0.2) is 4.79 Å². The number of benzene rings is 2. The van der Waals surface area contributed by atoms with E-state index in [1.54, 1.807) is 6.07 Å². The number of primary amides is 1. The van der Waals surface area contributed by atoms with Crippen molar-refractivity contribution in [1.29, 1.82) is 5.26 Å². The van der Waals surface area contributed by atoms with Crippen LogP contribution in [-0.4, -0.2) is 29.9 Å². The third-order valence-corrected chi connectivity index (χ3v) is 4.34. The Labute approximate surface area is 145 Å². The predicted molar refractivity (Wildman–Crippen MR) is 93.1 cm³/mol. The van der Waals surface area contributed by atoms with Gasteiger partial charge < -0.3 is 16.0 Å². The average molecular weight is 334 g/mol. The summed E-state index contributed by atoms with van der Waals surface area (Å²) in [5.41, 5.74) is 8.60. The van der Waals surface area contributed by atoms with Crippen LogP contribution in [0.2, 0.25) is 0 Å². The smallest absolute Gasteiger partial charge is 0.314 e. The summed E-state index contributed by atoms with van der Waals surface area (Å²) in [5, 5.41) is 12.1. The average Bonchev–Trinajstić information content (AvgIpc) is 2.58. The molecule has 25 heavy (non-hydrogen) atoms. The first-order valence-corrected chi connectivity index (χ1v) is 7.99. The Morgan fingerprint density at radius 2 is 1.84 bits per heavy atom. The zero-order valence-corrected chi connectivity index (χ0v) is 13.6. The van der Waals surface area contributed by atoms with Crippen molar-refractivity contribution in [2.75, 3.05) is 13.1 Å². The summed E-state index contributed by atoms with van der Waals surface area (Å²) in [6, 6.07) is 16.9. The summed E-state index contributed by atoms with van der Waals surface area (Å²) in [6.07, 6.45) is 0. The number of likely N-dealkylation sites (tertiary alicyclic amines) is 1. The van der Waals surface area contributed by atoms with Gasteiger partial charge in [-0.15, -0.1) is 0 Å². The molecule has 0 radical (unpaired) electrons. The quantitative estimate of drug-likeness (QED) is 0.892. The number of carbonyl (C=O) groups is 2. The Kier molecular flexibility index (Phi) is 4.66. The standard InChI is InChI=1S/C19H18N4O2/c20-9-15-3-1-2-4-17(15)14-7-5-13(6-8-14)10-22-18(24)16-11-23(12-16)19(21)25/h1-8,16H,10-12H2,(H2,21,25)(H,22,24). The maximum absolute atomic E-state index is 12.0. The van der Waals surface area contributed by atoms with Crippen LogP contribution in [0.25, 0.3) is 11.1 Å². The summed E-state index contributed by atoms with van der Waals surface area (Å²) in [4.78, 5) is 24.4. The SMILES string of the molecule is N#Cc1ccccc1-c1ccc(CNC(=O)C2CN(C(N)=O)C2)cc1. The second-order valence-electron chi connectivity index (χ2n) is 6.01. The molecule has 3 amide bonds. The zero-order valence-electron chi connectivity index (χ0n) is 13.6. The van der Waals surface area contributed by atoms with Gasteiger partial charge in [-0.05, 0) is 22.8 Å². The first-order chi connectivity index (χ1) is 12.1. The van der Waals surface area contributed by atoms with Crippen molar-refractivity contribution in [3.8, 4) is 17.2 Å². The Morgan fingerprint density at radius 1 is 1.16 bits per heavy atom. The Morgan fingerprint density at radius 3 is 2.48 bits per heavy atom. The van der Waals surface area contributed by atoms with E-state index < -0.39 is 6.03 Å². The van der Waals surface area contributed by atoms with Crippen molar-refractivity contribution in [2.45, 2.75) is 6.54 Å². The maximum atomic E-state index is 12.0. The first-order valence-electron chi connectivity index (χ1n) is 7.99.